The topological polar surface area (TPSA) is 84.9 Å². The highest BCUT2D eigenvalue weighted by molar-refractivity contribution is 6.38. The third-order valence-corrected chi connectivity index (χ3v) is 4.07. The number of ether oxygens (including phenoxy) is 2. The Labute approximate surface area is 155 Å². The lowest BCUT2D eigenvalue weighted by atomic mass is 9.97. The van der Waals surface area contributed by atoms with E-state index in [-0.39, 0.29) is 17.2 Å². The van der Waals surface area contributed by atoms with Crippen molar-refractivity contribution in [3.8, 4) is 0 Å². The molecule has 0 aliphatic carbocycles. The molecule has 0 radical (unpaired) electrons. The number of benzene rings is 1. The maximum atomic E-state index is 12.7. The zero-order chi connectivity index (χ0) is 18.4. The molecule has 1 aliphatic heterocycles. The summed E-state index contributed by atoms with van der Waals surface area (Å²) in [5, 5.41) is 1.99. The van der Waals surface area contributed by atoms with Crippen LogP contribution >= 0.6 is 23.2 Å². The van der Waals surface area contributed by atoms with Crippen molar-refractivity contribution in [3.63, 3.8) is 0 Å². The highest BCUT2D eigenvalue weighted by Gasteiger charge is 2.38. The summed E-state index contributed by atoms with van der Waals surface area (Å²) in [5.74, 6) is -4.09. The quantitative estimate of drug-likeness (QED) is 0.453. The predicted octanol–water partition coefficient (Wildman–Crippen LogP) is 1.72. The number of carbonyl (C=O) groups excluding carboxylic acids is 3. The highest BCUT2D eigenvalue weighted by Crippen LogP contribution is 2.24. The molecule has 1 aromatic carbocycles. The minimum Gasteiger partial charge on any atom is -0.465 e. The van der Waals surface area contributed by atoms with E-state index in [0.29, 0.717) is 31.3 Å². The number of hydrogen-bond acceptors (Lipinski definition) is 6. The van der Waals surface area contributed by atoms with Gasteiger partial charge in [-0.3, -0.25) is 19.8 Å². The Morgan fingerprint density at radius 1 is 1.28 bits per heavy atom. The summed E-state index contributed by atoms with van der Waals surface area (Å²) in [6.07, 6.45) is 0. The van der Waals surface area contributed by atoms with Crippen LogP contribution in [-0.2, 0) is 19.1 Å². The first-order valence-corrected chi connectivity index (χ1v) is 8.48. The van der Waals surface area contributed by atoms with E-state index in [2.05, 4.69) is 5.43 Å². The molecule has 2 rings (SSSR count). The first-order chi connectivity index (χ1) is 11.9. The molecule has 0 saturated carbocycles. The van der Waals surface area contributed by atoms with Gasteiger partial charge in [0.15, 0.2) is 11.7 Å². The molecular weight excluding hydrogens is 371 g/mol. The summed E-state index contributed by atoms with van der Waals surface area (Å²) in [4.78, 5) is 37.5. The zero-order valence-electron chi connectivity index (χ0n) is 13.6. The number of morpholine rings is 1. The van der Waals surface area contributed by atoms with Crippen molar-refractivity contribution in [2.24, 2.45) is 5.92 Å². The van der Waals surface area contributed by atoms with Crippen LogP contribution in [-0.4, -0.2) is 55.6 Å². The summed E-state index contributed by atoms with van der Waals surface area (Å²) < 4.78 is 10.1. The van der Waals surface area contributed by atoms with Gasteiger partial charge in [-0.2, -0.15) is 0 Å². The van der Waals surface area contributed by atoms with Gasteiger partial charge in [-0.25, -0.2) is 5.01 Å². The molecule has 1 fully saturated rings. The number of nitrogens with one attached hydrogen (secondary N) is 1. The Morgan fingerprint density at radius 2 is 1.96 bits per heavy atom. The van der Waals surface area contributed by atoms with Gasteiger partial charge in [0.2, 0.25) is 0 Å². The van der Waals surface area contributed by atoms with Gasteiger partial charge < -0.3 is 9.47 Å². The fraction of sp³-hybridized carbons (Fsp3) is 0.438. The Kier molecular flexibility index (Phi) is 7.19. The molecule has 1 aromatic rings. The van der Waals surface area contributed by atoms with Crippen molar-refractivity contribution in [1.29, 1.82) is 0 Å². The van der Waals surface area contributed by atoms with Crippen LogP contribution < -0.4 is 5.43 Å². The van der Waals surface area contributed by atoms with Crippen LogP contribution in [0.3, 0.4) is 0 Å². The molecule has 1 N–H and O–H groups in total. The molecule has 1 unspecified atom stereocenters. The molecule has 1 aliphatic rings. The van der Waals surface area contributed by atoms with Crippen molar-refractivity contribution in [1.82, 2.24) is 10.4 Å². The average molecular weight is 389 g/mol. The van der Waals surface area contributed by atoms with E-state index in [1.165, 1.54) is 18.2 Å². The van der Waals surface area contributed by atoms with Gasteiger partial charge in [0, 0.05) is 23.7 Å². The molecule has 136 valence electrons. The minimum atomic E-state index is -1.65. The molecule has 1 saturated heterocycles. The van der Waals surface area contributed by atoms with Gasteiger partial charge in [0.25, 0.3) is 5.91 Å². The molecule has 0 aromatic heterocycles. The highest BCUT2D eigenvalue weighted by atomic mass is 35.5. The Morgan fingerprint density at radius 3 is 2.56 bits per heavy atom. The second-order valence-electron chi connectivity index (χ2n) is 5.25. The maximum Gasteiger partial charge on any atom is 0.326 e. The SMILES string of the molecule is CCOC(=O)C(C(=O)NN1CCOCC1)C(=O)c1ccc(Cl)cc1Cl. The van der Waals surface area contributed by atoms with E-state index in [1.54, 1.807) is 11.9 Å². The number of nitrogens with zero attached hydrogens (tertiary/aromatic N) is 1. The lowest BCUT2D eigenvalue weighted by molar-refractivity contribution is -0.151. The van der Waals surface area contributed by atoms with Crippen LogP contribution in [0.1, 0.15) is 17.3 Å². The molecule has 1 heterocycles. The summed E-state index contributed by atoms with van der Waals surface area (Å²) in [5.41, 5.74) is 2.59. The van der Waals surface area contributed by atoms with Crippen LogP contribution in [0.15, 0.2) is 18.2 Å². The van der Waals surface area contributed by atoms with E-state index < -0.39 is 23.6 Å². The first-order valence-electron chi connectivity index (χ1n) is 7.73. The largest absolute Gasteiger partial charge is 0.465 e. The summed E-state index contributed by atoms with van der Waals surface area (Å²) in [6, 6.07) is 4.21. The van der Waals surface area contributed by atoms with Gasteiger partial charge >= 0.3 is 5.97 Å². The molecular formula is C16H18Cl2N2O5. The first kappa shape index (κ1) is 19.7. The van der Waals surface area contributed by atoms with Crippen molar-refractivity contribution in [2.75, 3.05) is 32.9 Å². The third-order valence-electron chi connectivity index (χ3n) is 3.52. The van der Waals surface area contributed by atoms with E-state index >= 15 is 0 Å². The molecule has 0 bridgehead atoms. The molecule has 9 heteroatoms. The van der Waals surface area contributed by atoms with Gasteiger partial charge in [0.1, 0.15) is 0 Å². The van der Waals surface area contributed by atoms with Crippen molar-refractivity contribution >= 4 is 40.9 Å². The number of Topliss-reactive ketones (excluding diaryl/α,β-unsaturated/α-hetero) is 1. The van der Waals surface area contributed by atoms with Crippen LogP contribution in [0.5, 0.6) is 0 Å². The smallest absolute Gasteiger partial charge is 0.326 e. The number of hydrogen-bond donors (Lipinski definition) is 1. The van der Waals surface area contributed by atoms with Crippen LogP contribution in [0.4, 0.5) is 0 Å². The van der Waals surface area contributed by atoms with Crippen molar-refractivity contribution < 1.29 is 23.9 Å². The summed E-state index contributed by atoms with van der Waals surface area (Å²) in [6.45, 7) is 3.44. The lowest BCUT2D eigenvalue weighted by Gasteiger charge is -2.28. The molecule has 1 amide bonds. The molecule has 1 atom stereocenters. The minimum absolute atomic E-state index is 0.0289. The molecule has 25 heavy (non-hydrogen) atoms. The average Bonchev–Trinajstić information content (AvgIpc) is 2.56. The Balaban J connectivity index is 2.23. The van der Waals surface area contributed by atoms with Gasteiger partial charge in [0.05, 0.1) is 24.8 Å². The third kappa shape index (κ3) is 5.15. The monoisotopic (exact) mass is 388 g/mol. The molecule has 7 nitrogen and oxygen atoms in total. The van der Waals surface area contributed by atoms with E-state index in [1.807, 2.05) is 0 Å². The van der Waals surface area contributed by atoms with Crippen LogP contribution in [0, 0.1) is 5.92 Å². The number of rotatable bonds is 6. The fourth-order valence-corrected chi connectivity index (χ4v) is 2.80. The van der Waals surface area contributed by atoms with E-state index in [0.717, 1.165) is 0 Å². The number of hydrazine groups is 1. The summed E-state index contributed by atoms with van der Waals surface area (Å²) >= 11 is 11.9. The second kappa shape index (κ2) is 9.15. The predicted molar refractivity (Wildman–Crippen MR) is 91.5 cm³/mol. The van der Waals surface area contributed by atoms with E-state index in [9.17, 15) is 14.4 Å². The zero-order valence-corrected chi connectivity index (χ0v) is 15.1. The standard InChI is InChI=1S/C16H18Cl2N2O5/c1-2-25-16(23)13(15(22)19-20-5-7-24-8-6-20)14(21)11-4-3-10(17)9-12(11)18/h3-4,9,13H,2,5-8H2,1H3,(H,19,22). The van der Waals surface area contributed by atoms with Gasteiger partial charge in [-0.05, 0) is 25.1 Å². The fourth-order valence-electron chi connectivity index (χ4n) is 2.30. The van der Waals surface area contributed by atoms with Crippen molar-refractivity contribution in [2.45, 2.75) is 6.92 Å². The Bertz CT molecular complexity index is 662. The lowest BCUT2D eigenvalue weighted by Crippen LogP contribution is -2.52. The van der Waals surface area contributed by atoms with E-state index in [4.69, 9.17) is 32.7 Å². The maximum absolute atomic E-state index is 12.7. The normalized spacial score (nSPS) is 16.1. The van der Waals surface area contributed by atoms with Crippen LogP contribution in [0.25, 0.3) is 0 Å². The van der Waals surface area contributed by atoms with Crippen LogP contribution in [0.2, 0.25) is 10.0 Å². The van der Waals surface area contributed by atoms with Crippen molar-refractivity contribution in [3.05, 3.63) is 33.8 Å². The molecule has 0 spiro atoms. The number of amides is 1. The number of carbonyl (C=O) groups is 3. The summed E-state index contributed by atoms with van der Waals surface area (Å²) in [7, 11) is 0. The number of ketones is 1. The number of halogens is 2. The number of esters is 1. The van der Waals surface area contributed by atoms with Gasteiger partial charge in [-0.1, -0.05) is 23.2 Å². The van der Waals surface area contributed by atoms with Gasteiger partial charge in [-0.15, -0.1) is 0 Å². The Hall–Kier alpha value is -1.67. The second-order valence-corrected chi connectivity index (χ2v) is 6.09.